The Hall–Kier alpha value is -0.440. The molecule has 0 saturated carbocycles. The minimum Gasteiger partial charge on any atom is -0.321 e. The van der Waals surface area contributed by atoms with Gasteiger partial charge in [-0.3, -0.25) is 9.36 Å². The summed E-state index contributed by atoms with van der Waals surface area (Å²) in [5.74, 6) is -0.360. The lowest BCUT2D eigenvalue weighted by atomic mass is 10.4. The Labute approximate surface area is 58.7 Å². The topological polar surface area (TPSA) is 74.6 Å². The van der Waals surface area contributed by atoms with Crippen molar-refractivity contribution in [2.75, 3.05) is 0 Å². The van der Waals surface area contributed by atoms with E-state index >= 15 is 0 Å². The van der Waals surface area contributed by atoms with Gasteiger partial charge < -0.3 is 9.79 Å². The summed E-state index contributed by atoms with van der Waals surface area (Å²) in [4.78, 5) is 27.1. The highest BCUT2D eigenvalue weighted by Gasteiger charge is 2.15. The molecule has 0 aliphatic rings. The van der Waals surface area contributed by atoms with Crippen LogP contribution in [-0.4, -0.2) is 15.6 Å². The maximum Gasteiger partial charge on any atom is 0.352 e. The molecule has 0 saturated heterocycles. The third kappa shape index (κ3) is 3.56. The van der Waals surface area contributed by atoms with Crippen LogP contribution in [-0.2, 0) is 9.36 Å². The largest absolute Gasteiger partial charge is 0.352 e. The molecule has 0 spiro atoms. The van der Waals surface area contributed by atoms with Crippen molar-refractivity contribution >= 4 is 13.4 Å². The minimum atomic E-state index is -4.17. The number of carbonyl (C=O) groups excluding carboxylic acids is 1. The first kappa shape index (κ1) is 9.56. The van der Waals surface area contributed by atoms with Gasteiger partial charge in [-0.2, -0.15) is 0 Å². The Morgan fingerprint density at radius 1 is 1.40 bits per heavy atom. The summed E-state index contributed by atoms with van der Waals surface area (Å²) in [5.41, 5.74) is 0. The van der Waals surface area contributed by atoms with Crippen molar-refractivity contribution in [2.24, 2.45) is 0 Å². The highest BCUT2D eigenvalue weighted by molar-refractivity contribution is 7.56. The van der Waals surface area contributed by atoms with Gasteiger partial charge in [-0.05, 0) is 19.9 Å². The summed E-state index contributed by atoms with van der Waals surface area (Å²) >= 11 is 0. The van der Waals surface area contributed by atoms with Crippen LogP contribution in [0.2, 0.25) is 0 Å². The van der Waals surface area contributed by atoms with Crippen molar-refractivity contribution in [1.29, 1.82) is 0 Å². The quantitative estimate of drug-likeness (QED) is 0.464. The van der Waals surface area contributed by atoms with Gasteiger partial charge in [-0.15, -0.1) is 0 Å². The SMILES string of the molecule is CC(=O)C=C(C)P(=O)(O)O. The van der Waals surface area contributed by atoms with Crippen molar-refractivity contribution in [1.82, 2.24) is 0 Å². The van der Waals surface area contributed by atoms with Crippen LogP contribution < -0.4 is 0 Å². The average molecular weight is 164 g/mol. The number of ketones is 1. The number of rotatable bonds is 2. The lowest BCUT2D eigenvalue weighted by molar-refractivity contribution is -0.112. The predicted octanol–water partition coefficient (Wildman–Crippen LogP) is 0.657. The molecule has 58 valence electrons. The lowest BCUT2D eigenvalue weighted by Crippen LogP contribution is -1.86. The first-order valence-corrected chi connectivity index (χ1v) is 4.20. The third-order valence-corrected chi connectivity index (χ3v) is 1.92. The molecule has 0 heterocycles. The molecule has 0 atom stereocenters. The monoisotopic (exact) mass is 164 g/mol. The molecule has 4 nitrogen and oxygen atoms in total. The van der Waals surface area contributed by atoms with Gasteiger partial charge in [-0.25, -0.2) is 0 Å². The van der Waals surface area contributed by atoms with Crippen LogP contribution in [0.25, 0.3) is 0 Å². The van der Waals surface area contributed by atoms with E-state index in [1.165, 1.54) is 13.8 Å². The number of hydrogen-bond acceptors (Lipinski definition) is 2. The molecular formula is C5H9O4P. The predicted molar refractivity (Wildman–Crippen MR) is 36.5 cm³/mol. The van der Waals surface area contributed by atoms with Gasteiger partial charge in [0.15, 0.2) is 5.78 Å². The molecule has 0 fully saturated rings. The Balaban J connectivity index is 4.52. The second-order valence-electron chi connectivity index (χ2n) is 1.94. The van der Waals surface area contributed by atoms with Crippen LogP contribution >= 0.6 is 7.60 Å². The van der Waals surface area contributed by atoms with Gasteiger partial charge >= 0.3 is 7.60 Å². The van der Waals surface area contributed by atoms with Crippen molar-refractivity contribution in [3.05, 3.63) is 11.4 Å². The van der Waals surface area contributed by atoms with E-state index in [1.807, 2.05) is 0 Å². The molecule has 10 heavy (non-hydrogen) atoms. The lowest BCUT2D eigenvalue weighted by Gasteiger charge is -2.00. The fourth-order valence-corrected chi connectivity index (χ4v) is 0.728. The van der Waals surface area contributed by atoms with Crippen LogP contribution in [0, 0.1) is 0 Å². The van der Waals surface area contributed by atoms with E-state index in [9.17, 15) is 9.36 Å². The van der Waals surface area contributed by atoms with Gasteiger partial charge in [0.25, 0.3) is 0 Å². The van der Waals surface area contributed by atoms with Crippen LogP contribution in [0.1, 0.15) is 13.8 Å². The van der Waals surface area contributed by atoms with Gasteiger partial charge in [0.1, 0.15) is 0 Å². The average Bonchev–Trinajstić information content (AvgIpc) is 1.60. The first-order valence-electron chi connectivity index (χ1n) is 2.59. The molecule has 0 aliphatic heterocycles. The number of carbonyl (C=O) groups is 1. The highest BCUT2D eigenvalue weighted by Crippen LogP contribution is 2.44. The van der Waals surface area contributed by atoms with E-state index in [-0.39, 0.29) is 11.1 Å². The maximum absolute atomic E-state index is 10.3. The fraction of sp³-hybridized carbons (Fsp3) is 0.400. The van der Waals surface area contributed by atoms with Gasteiger partial charge in [0.2, 0.25) is 0 Å². The van der Waals surface area contributed by atoms with Crippen molar-refractivity contribution in [3.63, 3.8) is 0 Å². The van der Waals surface area contributed by atoms with E-state index in [2.05, 4.69) is 0 Å². The van der Waals surface area contributed by atoms with Gasteiger partial charge in [-0.1, -0.05) is 0 Å². The fourth-order valence-electron chi connectivity index (χ4n) is 0.378. The van der Waals surface area contributed by atoms with E-state index in [4.69, 9.17) is 9.79 Å². The zero-order chi connectivity index (χ0) is 8.36. The molecular weight excluding hydrogens is 155 g/mol. The zero-order valence-electron chi connectivity index (χ0n) is 5.74. The molecule has 0 amide bonds. The molecule has 0 bridgehead atoms. The molecule has 0 aromatic heterocycles. The summed E-state index contributed by atoms with van der Waals surface area (Å²) < 4.78 is 10.3. The van der Waals surface area contributed by atoms with Crippen LogP contribution in [0.15, 0.2) is 11.4 Å². The Morgan fingerprint density at radius 3 is 1.90 bits per heavy atom. The summed E-state index contributed by atoms with van der Waals surface area (Å²) in [6, 6.07) is 0. The van der Waals surface area contributed by atoms with Crippen molar-refractivity contribution in [2.45, 2.75) is 13.8 Å². The van der Waals surface area contributed by atoms with Crippen molar-refractivity contribution in [3.8, 4) is 0 Å². The summed E-state index contributed by atoms with van der Waals surface area (Å²) in [6.45, 7) is 2.46. The van der Waals surface area contributed by atoms with Crippen LogP contribution in [0.5, 0.6) is 0 Å². The number of hydrogen-bond donors (Lipinski definition) is 2. The maximum atomic E-state index is 10.3. The highest BCUT2D eigenvalue weighted by atomic mass is 31.2. The van der Waals surface area contributed by atoms with E-state index in [1.54, 1.807) is 0 Å². The second-order valence-corrected chi connectivity index (χ2v) is 3.73. The molecule has 0 rings (SSSR count). The molecule has 0 aromatic carbocycles. The smallest absolute Gasteiger partial charge is 0.321 e. The standard InChI is InChI=1S/C5H9O4P/c1-4(6)3-5(2)10(7,8)9/h3H,1-2H3,(H2,7,8,9). The number of allylic oxidation sites excluding steroid dienone is 2. The molecule has 5 heteroatoms. The van der Waals surface area contributed by atoms with E-state index < -0.39 is 7.60 Å². The summed E-state index contributed by atoms with van der Waals surface area (Å²) in [5, 5.41) is -0.194. The van der Waals surface area contributed by atoms with Crippen molar-refractivity contribution < 1.29 is 19.1 Å². The van der Waals surface area contributed by atoms with E-state index in [0.29, 0.717) is 0 Å². The summed E-state index contributed by atoms with van der Waals surface area (Å²) in [6.07, 6.45) is 0.931. The minimum absolute atomic E-state index is 0.194. The van der Waals surface area contributed by atoms with Crippen LogP contribution in [0.3, 0.4) is 0 Å². The molecule has 0 unspecified atom stereocenters. The molecule has 0 radical (unpaired) electrons. The molecule has 2 N–H and O–H groups in total. The second kappa shape index (κ2) is 3.10. The summed E-state index contributed by atoms with van der Waals surface area (Å²) in [7, 11) is -4.17. The van der Waals surface area contributed by atoms with Crippen LogP contribution in [0.4, 0.5) is 0 Å². The molecule has 0 aliphatic carbocycles. The Bertz CT molecular complexity index is 212. The zero-order valence-corrected chi connectivity index (χ0v) is 6.63. The third-order valence-electron chi connectivity index (χ3n) is 0.872. The normalized spacial score (nSPS) is 13.4. The Morgan fingerprint density at radius 2 is 1.80 bits per heavy atom. The Kier molecular flexibility index (Phi) is 2.96. The molecule has 0 aromatic rings. The van der Waals surface area contributed by atoms with Gasteiger partial charge in [0, 0.05) is 5.31 Å². The van der Waals surface area contributed by atoms with Gasteiger partial charge in [0.05, 0.1) is 0 Å². The van der Waals surface area contributed by atoms with E-state index in [0.717, 1.165) is 6.08 Å². The first-order chi connectivity index (χ1) is 4.34.